The number of nitrogens with zero attached hydrogens (tertiary/aromatic N) is 2. The molecule has 1 aliphatic heterocycles. The molecule has 0 aliphatic carbocycles. The van der Waals surface area contributed by atoms with Gasteiger partial charge in [-0.15, -0.1) is 0 Å². The number of anilines is 1. The van der Waals surface area contributed by atoms with Gasteiger partial charge in [0.1, 0.15) is 0 Å². The van der Waals surface area contributed by atoms with Crippen LogP contribution in [0.3, 0.4) is 0 Å². The molecular weight excluding hydrogens is 226 g/mol. The molecule has 1 aromatic carbocycles. The number of hydrogen-bond donors (Lipinski definition) is 1. The van der Waals surface area contributed by atoms with Crippen LogP contribution in [0.25, 0.3) is 11.0 Å². The fourth-order valence-electron chi connectivity index (χ4n) is 2.85. The third-order valence-electron chi connectivity index (χ3n) is 3.76. The van der Waals surface area contributed by atoms with Crippen LogP contribution in [-0.4, -0.2) is 24.3 Å². The summed E-state index contributed by atoms with van der Waals surface area (Å²) in [5.41, 5.74) is 6.58. The second-order valence-electron chi connectivity index (χ2n) is 4.92. The summed E-state index contributed by atoms with van der Waals surface area (Å²) in [5.74, 6) is 0.990. The predicted molar refractivity (Wildman–Crippen MR) is 72.7 cm³/mol. The molecule has 4 nitrogen and oxygen atoms in total. The zero-order valence-corrected chi connectivity index (χ0v) is 10.5. The number of aromatic nitrogens is 1. The molecule has 1 saturated heterocycles. The zero-order chi connectivity index (χ0) is 12.4. The van der Waals surface area contributed by atoms with Gasteiger partial charge in [-0.2, -0.15) is 0 Å². The van der Waals surface area contributed by atoms with Crippen molar-refractivity contribution in [2.24, 2.45) is 5.73 Å². The Kier molecular flexibility index (Phi) is 3.19. The standard InChI is InChI=1S/C14H19N3O/c15-9-8-11-5-3-4-10-17(11)14-12-6-1-2-7-13(12)18-16-14/h1-2,6-7,11H,3-5,8-10,15H2. The van der Waals surface area contributed by atoms with E-state index in [0.29, 0.717) is 6.04 Å². The van der Waals surface area contributed by atoms with Gasteiger partial charge in [-0.05, 0) is 44.4 Å². The number of para-hydroxylation sites is 1. The number of hydrogen-bond acceptors (Lipinski definition) is 4. The van der Waals surface area contributed by atoms with Gasteiger partial charge in [-0.3, -0.25) is 0 Å². The Morgan fingerprint density at radius 2 is 2.22 bits per heavy atom. The molecule has 0 radical (unpaired) electrons. The summed E-state index contributed by atoms with van der Waals surface area (Å²) in [7, 11) is 0. The highest BCUT2D eigenvalue weighted by Crippen LogP contribution is 2.31. The van der Waals surface area contributed by atoms with E-state index in [-0.39, 0.29) is 0 Å². The summed E-state index contributed by atoms with van der Waals surface area (Å²) in [6.45, 7) is 1.79. The average molecular weight is 245 g/mol. The molecule has 2 aromatic rings. The van der Waals surface area contributed by atoms with Gasteiger partial charge in [-0.1, -0.05) is 17.3 Å². The van der Waals surface area contributed by atoms with Crippen molar-refractivity contribution >= 4 is 16.8 Å². The lowest BCUT2D eigenvalue weighted by Gasteiger charge is -2.35. The molecule has 4 heteroatoms. The minimum Gasteiger partial charge on any atom is -0.354 e. The van der Waals surface area contributed by atoms with Crippen molar-refractivity contribution in [3.63, 3.8) is 0 Å². The van der Waals surface area contributed by atoms with E-state index < -0.39 is 0 Å². The number of fused-ring (bicyclic) bond motifs is 1. The Morgan fingerprint density at radius 3 is 3.11 bits per heavy atom. The van der Waals surface area contributed by atoms with Crippen molar-refractivity contribution in [3.05, 3.63) is 24.3 Å². The Morgan fingerprint density at radius 1 is 1.33 bits per heavy atom. The quantitative estimate of drug-likeness (QED) is 0.902. The maximum atomic E-state index is 5.72. The summed E-state index contributed by atoms with van der Waals surface area (Å²) in [4.78, 5) is 2.38. The number of nitrogens with two attached hydrogens (primary N) is 1. The molecule has 0 bridgehead atoms. The predicted octanol–water partition coefficient (Wildman–Crippen LogP) is 2.54. The number of rotatable bonds is 3. The minimum absolute atomic E-state index is 0.511. The largest absolute Gasteiger partial charge is 0.354 e. The lowest BCUT2D eigenvalue weighted by molar-refractivity contribution is 0.414. The van der Waals surface area contributed by atoms with Crippen LogP contribution in [0.4, 0.5) is 5.82 Å². The fraction of sp³-hybridized carbons (Fsp3) is 0.500. The van der Waals surface area contributed by atoms with Crippen molar-refractivity contribution in [1.29, 1.82) is 0 Å². The Labute approximate surface area is 107 Å². The monoisotopic (exact) mass is 245 g/mol. The normalized spacial score (nSPS) is 20.5. The van der Waals surface area contributed by atoms with Gasteiger partial charge in [-0.25, -0.2) is 0 Å². The van der Waals surface area contributed by atoms with Crippen LogP contribution in [0.5, 0.6) is 0 Å². The van der Waals surface area contributed by atoms with Gasteiger partial charge in [0, 0.05) is 12.6 Å². The third-order valence-corrected chi connectivity index (χ3v) is 3.76. The smallest absolute Gasteiger partial charge is 0.180 e. The molecule has 0 spiro atoms. The van der Waals surface area contributed by atoms with E-state index in [1.165, 1.54) is 19.3 Å². The highest BCUT2D eigenvalue weighted by molar-refractivity contribution is 5.88. The highest BCUT2D eigenvalue weighted by atomic mass is 16.5. The maximum absolute atomic E-state index is 5.72. The molecule has 2 heterocycles. The average Bonchev–Trinajstić information content (AvgIpc) is 2.84. The molecule has 96 valence electrons. The maximum Gasteiger partial charge on any atom is 0.180 e. The van der Waals surface area contributed by atoms with Crippen LogP contribution < -0.4 is 10.6 Å². The first-order chi connectivity index (χ1) is 8.90. The molecule has 1 aromatic heterocycles. The van der Waals surface area contributed by atoms with E-state index in [4.69, 9.17) is 10.3 Å². The Bertz CT molecular complexity index is 520. The SMILES string of the molecule is NCCC1CCCCN1c1noc2ccccc12. The lowest BCUT2D eigenvalue weighted by atomic mass is 9.99. The molecule has 0 amide bonds. The highest BCUT2D eigenvalue weighted by Gasteiger charge is 2.25. The minimum atomic E-state index is 0.511. The third kappa shape index (κ3) is 1.97. The van der Waals surface area contributed by atoms with Crippen molar-refractivity contribution in [1.82, 2.24) is 5.16 Å². The van der Waals surface area contributed by atoms with E-state index in [1.807, 2.05) is 18.2 Å². The summed E-state index contributed by atoms with van der Waals surface area (Å²) in [5, 5.41) is 5.37. The van der Waals surface area contributed by atoms with Crippen LogP contribution in [0, 0.1) is 0 Å². The Balaban J connectivity index is 1.96. The summed E-state index contributed by atoms with van der Waals surface area (Å²) < 4.78 is 5.41. The first kappa shape index (κ1) is 11.5. The summed E-state index contributed by atoms with van der Waals surface area (Å²) in [6, 6.07) is 8.57. The molecule has 3 rings (SSSR count). The number of benzene rings is 1. The van der Waals surface area contributed by atoms with Gasteiger partial charge in [0.2, 0.25) is 0 Å². The molecule has 1 fully saturated rings. The van der Waals surface area contributed by atoms with Crippen LogP contribution in [0.15, 0.2) is 28.8 Å². The van der Waals surface area contributed by atoms with E-state index in [2.05, 4.69) is 16.1 Å². The molecule has 1 unspecified atom stereocenters. The van der Waals surface area contributed by atoms with Crippen molar-refractivity contribution in [3.8, 4) is 0 Å². The summed E-state index contributed by atoms with van der Waals surface area (Å²) in [6.07, 6.45) is 4.75. The van der Waals surface area contributed by atoms with Crippen LogP contribution >= 0.6 is 0 Å². The first-order valence-electron chi connectivity index (χ1n) is 6.71. The van der Waals surface area contributed by atoms with Gasteiger partial charge in [0.05, 0.1) is 5.39 Å². The van der Waals surface area contributed by atoms with Crippen LogP contribution in [0.1, 0.15) is 25.7 Å². The van der Waals surface area contributed by atoms with E-state index in [0.717, 1.165) is 36.3 Å². The molecule has 1 aliphatic rings. The van der Waals surface area contributed by atoms with Crippen molar-refractivity contribution < 1.29 is 4.52 Å². The molecule has 2 N–H and O–H groups in total. The second kappa shape index (κ2) is 4.98. The fourth-order valence-corrected chi connectivity index (χ4v) is 2.85. The topological polar surface area (TPSA) is 55.3 Å². The van der Waals surface area contributed by atoms with Gasteiger partial charge in [0.15, 0.2) is 11.4 Å². The molecule has 1 atom stereocenters. The van der Waals surface area contributed by atoms with E-state index >= 15 is 0 Å². The molecule has 18 heavy (non-hydrogen) atoms. The second-order valence-corrected chi connectivity index (χ2v) is 4.92. The summed E-state index contributed by atoms with van der Waals surface area (Å²) >= 11 is 0. The first-order valence-corrected chi connectivity index (χ1v) is 6.71. The molecule has 0 saturated carbocycles. The van der Waals surface area contributed by atoms with Gasteiger partial charge in [0.25, 0.3) is 0 Å². The molecular formula is C14H19N3O. The van der Waals surface area contributed by atoms with Gasteiger partial charge < -0.3 is 15.2 Å². The van der Waals surface area contributed by atoms with Gasteiger partial charge >= 0.3 is 0 Å². The number of piperidine rings is 1. The van der Waals surface area contributed by atoms with Crippen LogP contribution in [-0.2, 0) is 0 Å². The van der Waals surface area contributed by atoms with Crippen molar-refractivity contribution in [2.75, 3.05) is 18.0 Å². The van der Waals surface area contributed by atoms with Crippen LogP contribution in [0.2, 0.25) is 0 Å². The zero-order valence-electron chi connectivity index (χ0n) is 10.5. The lowest BCUT2D eigenvalue weighted by Crippen LogP contribution is -2.41. The Hall–Kier alpha value is -1.55. The van der Waals surface area contributed by atoms with Crippen molar-refractivity contribution in [2.45, 2.75) is 31.7 Å². The van der Waals surface area contributed by atoms with E-state index in [9.17, 15) is 0 Å². The van der Waals surface area contributed by atoms with E-state index in [1.54, 1.807) is 0 Å².